The predicted molar refractivity (Wildman–Crippen MR) is 116 cm³/mol. The molecule has 0 spiro atoms. The molecule has 0 aliphatic heterocycles. The van der Waals surface area contributed by atoms with Crippen molar-refractivity contribution in [3.05, 3.63) is 71.4 Å². The molecule has 164 valence electrons. The smallest absolute Gasteiger partial charge is 0.412 e. The zero-order valence-corrected chi connectivity index (χ0v) is 17.5. The quantitative estimate of drug-likeness (QED) is 0.548. The molecule has 0 saturated heterocycles. The van der Waals surface area contributed by atoms with E-state index in [2.05, 4.69) is 27.9 Å². The molecular weight excluding hydrogens is 412 g/mol. The van der Waals surface area contributed by atoms with E-state index in [-0.39, 0.29) is 24.0 Å². The van der Waals surface area contributed by atoms with Crippen molar-refractivity contribution in [2.45, 2.75) is 18.9 Å². The van der Waals surface area contributed by atoms with Gasteiger partial charge in [-0.1, -0.05) is 48.5 Å². The fraction of sp³-hybridized carbons (Fsp3) is 0.217. The third-order valence-electron chi connectivity index (χ3n) is 5.40. The van der Waals surface area contributed by atoms with Crippen LogP contribution >= 0.6 is 0 Å². The molecule has 0 fully saturated rings. The zero-order valence-electron chi connectivity index (χ0n) is 17.5. The van der Waals surface area contributed by atoms with Gasteiger partial charge in [-0.05, 0) is 29.2 Å². The number of anilines is 1. The summed E-state index contributed by atoms with van der Waals surface area (Å²) in [5.74, 6) is -1.64. The van der Waals surface area contributed by atoms with Gasteiger partial charge in [-0.2, -0.15) is 5.10 Å². The highest BCUT2D eigenvalue weighted by Crippen LogP contribution is 2.44. The average molecular weight is 434 g/mol. The van der Waals surface area contributed by atoms with E-state index in [1.165, 1.54) is 17.7 Å². The Hall–Kier alpha value is -4.14. The molecule has 1 aliphatic carbocycles. The largest absolute Gasteiger partial charge is 0.480 e. The van der Waals surface area contributed by atoms with Crippen LogP contribution in [0.1, 0.15) is 34.5 Å². The van der Waals surface area contributed by atoms with Crippen LogP contribution < -0.4 is 10.6 Å². The zero-order chi connectivity index (χ0) is 22.8. The maximum Gasteiger partial charge on any atom is 0.412 e. The van der Waals surface area contributed by atoms with Gasteiger partial charge < -0.3 is 15.2 Å². The SMILES string of the molecule is C[C@H](NC(=O)c1cc(NC(=O)OCC2c3ccccc3-c3ccccc32)n(C)n1)C(=O)O. The van der Waals surface area contributed by atoms with E-state index in [1.54, 1.807) is 7.05 Å². The number of hydrogen-bond acceptors (Lipinski definition) is 5. The van der Waals surface area contributed by atoms with Crippen molar-refractivity contribution in [2.75, 3.05) is 11.9 Å². The van der Waals surface area contributed by atoms with Gasteiger partial charge in [0.25, 0.3) is 5.91 Å². The Balaban J connectivity index is 1.42. The highest BCUT2D eigenvalue weighted by molar-refractivity contribution is 5.96. The monoisotopic (exact) mass is 434 g/mol. The first-order valence-electron chi connectivity index (χ1n) is 10.0. The van der Waals surface area contributed by atoms with Crippen molar-refractivity contribution in [3.8, 4) is 11.1 Å². The molecule has 3 N–H and O–H groups in total. The summed E-state index contributed by atoms with van der Waals surface area (Å²) in [5.41, 5.74) is 4.46. The summed E-state index contributed by atoms with van der Waals surface area (Å²) in [7, 11) is 1.55. The number of nitrogens with zero attached hydrogens (tertiary/aromatic N) is 2. The van der Waals surface area contributed by atoms with E-state index in [0.29, 0.717) is 0 Å². The van der Waals surface area contributed by atoms with E-state index >= 15 is 0 Å². The maximum atomic E-state index is 12.4. The third-order valence-corrected chi connectivity index (χ3v) is 5.40. The van der Waals surface area contributed by atoms with Gasteiger partial charge in [-0.25, -0.2) is 4.79 Å². The topological polar surface area (TPSA) is 123 Å². The number of rotatable bonds is 6. The first-order chi connectivity index (χ1) is 15.3. The summed E-state index contributed by atoms with van der Waals surface area (Å²) in [4.78, 5) is 35.5. The fourth-order valence-corrected chi connectivity index (χ4v) is 3.77. The van der Waals surface area contributed by atoms with Gasteiger partial charge >= 0.3 is 12.1 Å². The van der Waals surface area contributed by atoms with Gasteiger partial charge in [0.15, 0.2) is 5.69 Å². The molecule has 0 bridgehead atoms. The van der Waals surface area contributed by atoms with Gasteiger partial charge in [0.1, 0.15) is 18.5 Å². The Morgan fingerprint density at radius 1 is 1.09 bits per heavy atom. The summed E-state index contributed by atoms with van der Waals surface area (Å²) in [5, 5.41) is 17.8. The number of carboxylic acid groups (broad SMARTS) is 1. The van der Waals surface area contributed by atoms with E-state index in [9.17, 15) is 14.4 Å². The molecular formula is C23H22N4O5. The lowest BCUT2D eigenvalue weighted by molar-refractivity contribution is -0.138. The Bertz CT molecular complexity index is 1160. The lowest BCUT2D eigenvalue weighted by atomic mass is 9.98. The number of carboxylic acids is 1. The van der Waals surface area contributed by atoms with Crippen LogP contribution in [0.4, 0.5) is 10.6 Å². The average Bonchev–Trinajstić information content (AvgIpc) is 3.30. The normalized spacial score (nSPS) is 13.1. The number of fused-ring (bicyclic) bond motifs is 3. The van der Waals surface area contributed by atoms with Crippen molar-refractivity contribution in [3.63, 3.8) is 0 Å². The highest BCUT2D eigenvalue weighted by atomic mass is 16.5. The van der Waals surface area contributed by atoms with E-state index in [1.807, 2.05) is 36.4 Å². The minimum absolute atomic E-state index is 0.0189. The maximum absolute atomic E-state index is 12.4. The molecule has 9 heteroatoms. The van der Waals surface area contributed by atoms with Crippen LogP contribution in [-0.4, -0.2) is 45.5 Å². The van der Waals surface area contributed by atoms with Gasteiger partial charge in [0, 0.05) is 19.0 Å². The number of aromatic nitrogens is 2. The molecule has 4 rings (SSSR count). The fourth-order valence-electron chi connectivity index (χ4n) is 3.77. The number of carbonyl (C=O) groups is 3. The van der Waals surface area contributed by atoms with Crippen LogP contribution in [0.15, 0.2) is 54.6 Å². The number of aliphatic carboxylic acids is 1. The number of ether oxygens (including phenoxy) is 1. The van der Waals surface area contributed by atoms with E-state index < -0.39 is 24.0 Å². The molecule has 2 aromatic carbocycles. The number of aryl methyl sites for hydroxylation is 1. The predicted octanol–water partition coefficient (Wildman–Crippen LogP) is 2.98. The third kappa shape index (κ3) is 4.04. The first kappa shape index (κ1) is 21.1. The molecule has 1 heterocycles. The minimum Gasteiger partial charge on any atom is -0.480 e. The Morgan fingerprint density at radius 3 is 2.28 bits per heavy atom. The summed E-state index contributed by atoms with van der Waals surface area (Å²) in [6, 6.07) is 16.4. The molecule has 2 amide bonds. The Kier molecular flexibility index (Phi) is 5.63. The van der Waals surface area contributed by atoms with Crippen LogP contribution in [-0.2, 0) is 16.6 Å². The molecule has 3 aromatic rings. The molecule has 0 saturated carbocycles. The van der Waals surface area contributed by atoms with Crippen LogP contribution in [0.3, 0.4) is 0 Å². The van der Waals surface area contributed by atoms with E-state index in [0.717, 1.165) is 22.3 Å². The van der Waals surface area contributed by atoms with Gasteiger partial charge in [0.05, 0.1) is 0 Å². The molecule has 32 heavy (non-hydrogen) atoms. The molecule has 9 nitrogen and oxygen atoms in total. The number of nitrogens with one attached hydrogen (secondary N) is 2. The van der Waals surface area contributed by atoms with Crippen LogP contribution in [0.25, 0.3) is 11.1 Å². The van der Waals surface area contributed by atoms with Gasteiger partial charge in [-0.15, -0.1) is 0 Å². The van der Waals surface area contributed by atoms with Crippen molar-refractivity contribution < 1.29 is 24.2 Å². The Morgan fingerprint density at radius 2 is 1.69 bits per heavy atom. The van der Waals surface area contributed by atoms with Gasteiger partial charge in [-0.3, -0.25) is 19.6 Å². The van der Waals surface area contributed by atoms with Crippen LogP contribution in [0.5, 0.6) is 0 Å². The lowest BCUT2D eigenvalue weighted by Crippen LogP contribution is -2.38. The number of hydrogen-bond donors (Lipinski definition) is 3. The van der Waals surface area contributed by atoms with Crippen LogP contribution in [0.2, 0.25) is 0 Å². The van der Waals surface area contributed by atoms with Gasteiger partial charge in [0.2, 0.25) is 0 Å². The summed E-state index contributed by atoms with van der Waals surface area (Å²) >= 11 is 0. The second kappa shape index (κ2) is 8.54. The first-order valence-corrected chi connectivity index (χ1v) is 10.0. The van der Waals surface area contributed by atoms with Crippen molar-refractivity contribution in [2.24, 2.45) is 7.05 Å². The van der Waals surface area contributed by atoms with Crippen LogP contribution in [0, 0.1) is 0 Å². The highest BCUT2D eigenvalue weighted by Gasteiger charge is 2.29. The Labute approximate surface area is 184 Å². The molecule has 0 radical (unpaired) electrons. The minimum atomic E-state index is -1.16. The molecule has 1 aliphatic rings. The molecule has 1 aromatic heterocycles. The van der Waals surface area contributed by atoms with E-state index in [4.69, 9.17) is 9.84 Å². The second-order valence-electron chi connectivity index (χ2n) is 7.52. The van der Waals surface area contributed by atoms with Crippen molar-refractivity contribution in [1.29, 1.82) is 0 Å². The van der Waals surface area contributed by atoms with Crippen molar-refractivity contribution in [1.82, 2.24) is 15.1 Å². The number of carbonyl (C=O) groups excluding carboxylic acids is 2. The molecule has 1 atom stereocenters. The summed E-state index contributed by atoms with van der Waals surface area (Å²) in [6.45, 7) is 1.50. The van der Waals surface area contributed by atoms with Crippen molar-refractivity contribution >= 4 is 23.8 Å². The summed E-state index contributed by atoms with van der Waals surface area (Å²) < 4.78 is 6.80. The summed E-state index contributed by atoms with van der Waals surface area (Å²) in [6.07, 6.45) is -0.680. The number of amides is 2. The molecule has 0 unspecified atom stereocenters. The standard InChI is InChI=1S/C23H22N4O5/c1-13(22(29)30)24-21(28)19-11-20(27(2)26-19)25-23(31)32-12-18-16-9-5-3-7-14(16)15-8-4-6-10-17(15)18/h3-11,13,18H,12H2,1-2H3,(H,24,28)(H,25,31)(H,29,30)/t13-/m0/s1. The lowest BCUT2D eigenvalue weighted by Gasteiger charge is -2.14. The number of benzene rings is 2. The second-order valence-corrected chi connectivity index (χ2v) is 7.52.